The lowest BCUT2D eigenvalue weighted by molar-refractivity contribution is 0.867. The molecule has 0 aliphatic rings. The second-order valence-electron chi connectivity index (χ2n) is 3.82. The molecular weight excluding hydrogens is 202 g/mol. The monoisotopic (exact) mass is 217 g/mol. The van der Waals surface area contributed by atoms with E-state index in [1.54, 1.807) is 0 Å². The lowest BCUT2D eigenvalue weighted by Gasteiger charge is -2.12. The van der Waals surface area contributed by atoms with Gasteiger partial charge in [-0.3, -0.25) is 10.1 Å². The average molecular weight is 217 g/mol. The summed E-state index contributed by atoms with van der Waals surface area (Å²) in [5, 5.41) is 0. The van der Waals surface area contributed by atoms with Gasteiger partial charge in [0.25, 0.3) is 0 Å². The lowest BCUT2D eigenvalue weighted by Crippen LogP contribution is -2.14. The van der Waals surface area contributed by atoms with Gasteiger partial charge >= 0.3 is 0 Å². The van der Waals surface area contributed by atoms with E-state index in [0.717, 1.165) is 17.1 Å². The van der Waals surface area contributed by atoms with Crippen LogP contribution in [0.25, 0.3) is 0 Å². The van der Waals surface area contributed by atoms with E-state index < -0.39 is 0 Å². The highest BCUT2D eigenvalue weighted by atomic mass is 15.4. The predicted octanol–water partition coefficient (Wildman–Crippen LogP) is 1.66. The van der Waals surface area contributed by atoms with Crippen LogP contribution in [-0.4, -0.2) is 14.6 Å². The van der Waals surface area contributed by atoms with Crippen molar-refractivity contribution in [2.24, 2.45) is 0 Å². The van der Waals surface area contributed by atoms with Crippen molar-refractivity contribution in [3.05, 3.63) is 35.3 Å². The van der Waals surface area contributed by atoms with Gasteiger partial charge in [-0.1, -0.05) is 0 Å². The van der Waals surface area contributed by atoms with Gasteiger partial charge in [-0.25, -0.2) is 4.98 Å². The molecule has 0 spiro atoms. The first-order valence-corrected chi connectivity index (χ1v) is 5.09. The second-order valence-corrected chi connectivity index (χ2v) is 3.82. The van der Waals surface area contributed by atoms with Crippen molar-refractivity contribution in [3.63, 3.8) is 0 Å². The van der Waals surface area contributed by atoms with Crippen LogP contribution in [0.2, 0.25) is 0 Å². The summed E-state index contributed by atoms with van der Waals surface area (Å²) in [5.41, 5.74) is 11.9. The molecule has 0 saturated carbocycles. The summed E-state index contributed by atoms with van der Waals surface area (Å²) in [4.78, 5) is 8.15. The van der Waals surface area contributed by atoms with Crippen LogP contribution in [0.3, 0.4) is 0 Å². The van der Waals surface area contributed by atoms with Crippen molar-refractivity contribution >= 4 is 11.8 Å². The van der Waals surface area contributed by atoms with E-state index in [2.05, 4.69) is 15.4 Å². The summed E-state index contributed by atoms with van der Waals surface area (Å²) < 4.78 is 1.96. The maximum absolute atomic E-state index is 5.59. The first-order chi connectivity index (χ1) is 7.56. The molecule has 0 unspecified atom stereocenters. The number of nitrogens with zero attached hydrogens (tertiary/aromatic N) is 3. The predicted molar refractivity (Wildman–Crippen MR) is 64.1 cm³/mol. The number of aryl methyl sites for hydroxylation is 3. The van der Waals surface area contributed by atoms with Gasteiger partial charge in [-0.05, 0) is 32.9 Å². The number of nitrogens with one attached hydrogen (secondary N) is 1. The molecule has 3 N–H and O–H groups in total. The molecule has 0 aliphatic heterocycles. The van der Waals surface area contributed by atoms with Crippen LogP contribution >= 0.6 is 0 Å². The summed E-state index contributed by atoms with van der Waals surface area (Å²) in [7, 11) is 0. The van der Waals surface area contributed by atoms with E-state index in [9.17, 15) is 0 Å². The molecule has 0 bridgehead atoms. The summed E-state index contributed by atoms with van der Waals surface area (Å²) in [6.45, 7) is 5.94. The molecule has 5 heteroatoms. The Kier molecular flexibility index (Phi) is 2.52. The molecule has 84 valence electrons. The van der Waals surface area contributed by atoms with Crippen LogP contribution in [0.5, 0.6) is 0 Å². The number of nitrogens with two attached hydrogens (primary N) is 1. The topological polar surface area (TPSA) is 68.8 Å². The smallest absolute Gasteiger partial charge is 0.222 e. The maximum Gasteiger partial charge on any atom is 0.222 e. The van der Waals surface area contributed by atoms with Gasteiger partial charge in [0.1, 0.15) is 0 Å². The van der Waals surface area contributed by atoms with Crippen molar-refractivity contribution in [2.45, 2.75) is 20.8 Å². The van der Waals surface area contributed by atoms with Crippen LogP contribution in [0.4, 0.5) is 11.8 Å². The van der Waals surface area contributed by atoms with Gasteiger partial charge < -0.3 is 5.73 Å². The number of nitrogen functional groups attached to an aromatic ring is 1. The van der Waals surface area contributed by atoms with Crippen molar-refractivity contribution in [3.8, 4) is 0 Å². The normalized spacial score (nSPS) is 10.4. The van der Waals surface area contributed by atoms with Gasteiger partial charge in [0.05, 0.1) is 0 Å². The SMILES string of the molecule is Cc1cc(Nn2c(C)ccc2C)nc(N)n1. The second kappa shape index (κ2) is 3.84. The molecule has 0 fully saturated rings. The minimum absolute atomic E-state index is 0.282. The summed E-state index contributed by atoms with van der Waals surface area (Å²) in [6.07, 6.45) is 0. The Labute approximate surface area is 94.3 Å². The van der Waals surface area contributed by atoms with Crippen LogP contribution in [0.1, 0.15) is 17.1 Å². The van der Waals surface area contributed by atoms with Crippen molar-refractivity contribution in [1.82, 2.24) is 14.6 Å². The zero-order chi connectivity index (χ0) is 11.7. The standard InChI is InChI=1S/C11H15N5/c1-7-6-10(14-11(12)13-7)15-16-8(2)4-5-9(16)3/h4-6H,1-3H3,(H3,12,13,14,15). The van der Waals surface area contributed by atoms with Crippen molar-refractivity contribution < 1.29 is 0 Å². The van der Waals surface area contributed by atoms with E-state index in [4.69, 9.17) is 5.73 Å². The Morgan fingerprint density at radius 1 is 1.12 bits per heavy atom. The molecule has 16 heavy (non-hydrogen) atoms. The number of hydrogen-bond acceptors (Lipinski definition) is 4. The average Bonchev–Trinajstić information content (AvgIpc) is 2.48. The molecule has 0 radical (unpaired) electrons. The number of hydrogen-bond donors (Lipinski definition) is 2. The molecule has 2 heterocycles. The fraction of sp³-hybridized carbons (Fsp3) is 0.273. The van der Waals surface area contributed by atoms with Crippen LogP contribution < -0.4 is 11.2 Å². The first kappa shape index (κ1) is 10.5. The highest BCUT2D eigenvalue weighted by molar-refractivity contribution is 5.41. The van der Waals surface area contributed by atoms with Gasteiger partial charge in [0, 0.05) is 23.1 Å². The Bertz CT molecular complexity index is 475. The van der Waals surface area contributed by atoms with Gasteiger partial charge in [-0.15, -0.1) is 0 Å². The first-order valence-electron chi connectivity index (χ1n) is 5.09. The lowest BCUT2D eigenvalue weighted by atomic mass is 10.4. The largest absolute Gasteiger partial charge is 0.368 e. The van der Waals surface area contributed by atoms with Crippen LogP contribution in [0, 0.1) is 20.8 Å². The molecule has 0 aromatic carbocycles. The summed E-state index contributed by atoms with van der Waals surface area (Å²) in [6, 6.07) is 5.94. The molecule has 0 saturated heterocycles. The fourth-order valence-corrected chi connectivity index (χ4v) is 1.61. The van der Waals surface area contributed by atoms with E-state index in [1.165, 1.54) is 0 Å². The van der Waals surface area contributed by atoms with Gasteiger partial charge in [0.2, 0.25) is 5.95 Å². The quantitative estimate of drug-likeness (QED) is 0.802. The molecule has 2 aromatic rings. The van der Waals surface area contributed by atoms with Crippen LogP contribution in [-0.2, 0) is 0 Å². The van der Waals surface area contributed by atoms with E-state index >= 15 is 0 Å². The Balaban J connectivity index is 2.34. The highest BCUT2D eigenvalue weighted by Crippen LogP contribution is 2.11. The summed E-state index contributed by atoms with van der Waals surface area (Å²) >= 11 is 0. The molecule has 0 atom stereocenters. The van der Waals surface area contributed by atoms with Gasteiger partial charge in [-0.2, -0.15) is 4.98 Å². The third-order valence-electron chi connectivity index (χ3n) is 2.37. The Morgan fingerprint density at radius 3 is 2.31 bits per heavy atom. The fourth-order valence-electron chi connectivity index (χ4n) is 1.61. The van der Waals surface area contributed by atoms with E-state index in [1.807, 2.05) is 43.6 Å². The Morgan fingerprint density at radius 2 is 1.75 bits per heavy atom. The third-order valence-corrected chi connectivity index (χ3v) is 2.37. The Hall–Kier alpha value is -2.04. The molecule has 2 aromatic heterocycles. The molecule has 2 rings (SSSR count). The zero-order valence-electron chi connectivity index (χ0n) is 9.65. The minimum Gasteiger partial charge on any atom is -0.368 e. The molecular formula is C11H15N5. The number of rotatable bonds is 2. The van der Waals surface area contributed by atoms with Gasteiger partial charge in [0.15, 0.2) is 5.82 Å². The van der Waals surface area contributed by atoms with Crippen molar-refractivity contribution in [1.29, 1.82) is 0 Å². The zero-order valence-corrected chi connectivity index (χ0v) is 9.65. The van der Waals surface area contributed by atoms with Crippen molar-refractivity contribution in [2.75, 3.05) is 11.2 Å². The van der Waals surface area contributed by atoms with E-state index in [-0.39, 0.29) is 5.95 Å². The molecule has 0 amide bonds. The maximum atomic E-state index is 5.59. The highest BCUT2D eigenvalue weighted by Gasteiger charge is 2.03. The van der Waals surface area contributed by atoms with Crippen LogP contribution in [0.15, 0.2) is 18.2 Å². The number of anilines is 2. The number of aromatic nitrogens is 3. The minimum atomic E-state index is 0.282. The molecule has 5 nitrogen and oxygen atoms in total. The van der Waals surface area contributed by atoms with E-state index in [0.29, 0.717) is 5.82 Å². The third kappa shape index (κ3) is 1.98. The molecule has 0 aliphatic carbocycles. The summed E-state index contributed by atoms with van der Waals surface area (Å²) in [5.74, 6) is 0.984.